The van der Waals surface area contributed by atoms with E-state index in [1.807, 2.05) is 0 Å². The zero-order valence-electron chi connectivity index (χ0n) is 14.8. The van der Waals surface area contributed by atoms with Gasteiger partial charge in [-0.25, -0.2) is 0 Å². The predicted molar refractivity (Wildman–Crippen MR) is 90.4 cm³/mol. The van der Waals surface area contributed by atoms with Crippen molar-refractivity contribution in [1.29, 1.82) is 5.26 Å². The predicted octanol–water partition coefficient (Wildman–Crippen LogP) is 5.05. The minimum absolute atomic E-state index is 0.105. The molecule has 0 radical (unpaired) electrons. The Kier molecular flexibility index (Phi) is 3.32. The van der Waals surface area contributed by atoms with Gasteiger partial charge in [-0.1, -0.05) is 20.8 Å². The maximum absolute atomic E-state index is 12.2. The van der Waals surface area contributed by atoms with Gasteiger partial charge >= 0.3 is 0 Å². The van der Waals surface area contributed by atoms with E-state index in [1.54, 1.807) is 0 Å². The van der Waals surface area contributed by atoms with Crippen molar-refractivity contribution in [3.8, 4) is 6.07 Å². The zero-order valence-corrected chi connectivity index (χ0v) is 14.8. The molecule has 0 aliphatic heterocycles. The highest BCUT2D eigenvalue weighted by molar-refractivity contribution is 6.01. The lowest BCUT2D eigenvalue weighted by Gasteiger charge is -2.58. The second kappa shape index (κ2) is 4.95. The SMILES string of the molecule is C[C@H]1CC[C@H]2[C@@H]3CCC4=C(C#N)C(=O)CC[C@]4(C)[C@H]3CC[C@]12C. The Morgan fingerprint density at radius 1 is 1.04 bits per heavy atom. The topological polar surface area (TPSA) is 40.9 Å². The van der Waals surface area contributed by atoms with Crippen LogP contribution in [0.4, 0.5) is 0 Å². The normalized spacial score (nSPS) is 49.2. The average Bonchev–Trinajstić information content (AvgIpc) is 2.83. The summed E-state index contributed by atoms with van der Waals surface area (Å²) in [5.74, 6) is 3.36. The van der Waals surface area contributed by atoms with Crippen molar-refractivity contribution < 1.29 is 4.79 Å². The molecule has 3 fully saturated rings. The first-order valence-electron chi connectivity index (χ1n) is 9.58. The maximum Gasteiger partial charge on any atom is 0.173 e. The summed E-state index contributed by atoms with van der Waals surface area (Å²) in [6, 6.07) is 2.26. The minimum atomic E-state index is 0.105. The Balaban J connectivity index is 1.74. The van der Waals surface area contributed by atoms with E-state index in [0.29, 0.717) is 23.3 Å². The number of ketones is 1. The molecule has 3 saturated carbocycles. The minimum Gasteiger partial charge on any atom is -0.293 e. The van der Waals surface area contributed by atoms with E-state index in [4.69, 9.17) is 0 Å². The summed E-state index contributed by atoms with van der Waals surface area (Å²) < 4.78 is 0. The van der Waals surface area contributed by atoms with Crippen LogP contribution in [0.2, 0.25) is 0 Å². The van der Waals surface area contributed by atoms with Crippen molar-refractivity contribution in [2.45, 2.75) is 72.1 Å². The highest BCUT2D eigenvalue weighted by Crippen LogP contribution is 2.66. The van der Waals surface area contributed by atoms with Gasteiger partial charge < -0.3 is 0 Å². The van der Waals surface area contributed by atoms with E-state index in [0.717, 1.165) is 30.6 Å². The fraction of sp³-hybridized carbons (Fsp3) is 0.810. The summed E-state index contributed by atoms with van der Waals surface area (Å²) >= 11 is 0. The zero-order chi connectivity index (χ0) is 16.4. The van der Waals surface area contributed by atoms with E-state index in [1.165, 1.54) is 37.7 Å². The van der Waals surface area contributed by atoms with Gasteiger partial charge in [0, 0.05) is 6.42 Å². The van der Waals surface area contributed by atoms with Crippen LogP contribution < -0.4 is 0 Å². The van der Waals surface area contributed by atoms with E-state index < -0.39 is 0 Å². The second-order valence-corrected chi connectivity index (χ2v) is 9.24. The van der Waals surface area contributed by atoms with Crippen LogP contribution in [0, 0.1) is 45.8 Å². The van der Waals surface area contributed by atoms with Crippen LogP contribution in [-0.2, 0) is 4.79 Å². The van der Waals surface area contributed by atoms with Gasteiger partial charge in [0.15, 0.2) is 5.78 Å². The van der Waals surface area contributed by atoms with E-state index >= 15 is 0 Å². The molecule has 0 bridgehead atoms. The molecule has 124 valence electrons. The lowest BCUT2D eigenvalue weighted by Crippen LogP contribution is -2.50. The van der Waals surface area contributed by atoms with Gasteiger partial charge in [-0.15, -0.1) is 0 Å². The third-order valence-corrected chi connectivity index (χ3v) is 8.71. The summed E-state index contributed by atoms with van der Waals surface area (Å²) in [4.78, 5) is 12.2. The van der Waals surface area contributed by atoms with Crippen LogP contribution in [0.25, 0.3) is 0 Å². The quantitative estimate of drug-likeness (QED) is 0.628. The van der Waals surface area contributed by atoms with Gasteiger partial charge in [-0.3, -0.25) is 4.79 Å². The van der Waals surface area contributed by atoms with E-state index in [2.05, 4.69) is 26.8 Å². The summed E-state index contributed by atoms with van der Waals surface area (Å²) in [7, 11) is 0. The number of carbonyl (C=O) groups excluding carboxylic acids is 1. The summed E-state index contributed by atoms with van der Waals surface area (Å²) in [6.45, 7) is 7.39. The molecule has 23 heavy (non-hydrogen) atoms. The molecule has 4 aliphatic rings. The largest absolute Gasteiger partial charge is 0.293 e. The number of allylic oxidation sites excluding steroid dienone is 1. The van der Waals surface area contributed by atoms with Gasteiger partial charge in [0.1, 0.15) is 6.07 Å². The third kappa shape index (κ3) is 1.89. The number of fused-ring (bicyclic) bond motifs is 5. The molecular formula is C21H29NO. The maximum atomic E-state index is 12.2. The lowest BCUT2D eigenvalue weighted by atomic mass is 9.46. The molecule has 2 nitrogen and oxygen atoms in total. The highest BCUT2D eigenvalue weighted by Gasteiger charge is 2.58. The Morgan fingerprint density at radius 3 is 2.57 bits per heavy atom. The number of rotatable bonds is 0. The number of Topliss-reactive ketones (excluding diaryl/α,β-unsaturated/α-hetero) is 1. The van der Waals surface area contributed by atoms with Crippen molar-refractivity contribution in [3.63, 3.8) is 0 Å². The molecule has 2 heteroatoms. The number of carbonyl (C=O) groups is 1. The number of nitrogens with zero attached hydrogens (tertiary/aromatic N) is 1. The van der Waals surface area contributed by atoms with Gasteiger partial charge in [-0.2, -0.15) is 5.26 Å². The van der Waals surface area contributed by atoms with Crippen molar-refractivity contribution in [3.05, 3.63) is 11.1 Å². The molecule has 0 spiro atoms. The van der Waals surface area contributed by atoms with Crippen molar-refractivity contribution in [1.82, 2.24) is 0 Å². The van der Waals surface area contributed by atoms with Crippen molar-refractivity contribution in [2.75, 3.05) is 0 Å². The summed E-state index contributed by atoms with van der Waals surface area (Å²) in [5.41, 5.74) is 2.42. The molecule has 0 aromatic carbocycles. The smallest absolute Gasteiger partial charge is 0.173 e. The van der Waals surface area contributed by atoms with E-state index in [-0.39, 0.29) is 11.2 Å². The van der Waals surface area contributed by atoms with Gasteiger partial charge in [-0.05, 0) is 85.0 Å². The monoisotopic (exact) mass is 311 g/mol. The standard InChI is InChI=1S/C21H29NO/c1-13-4-6-16-14-5-7-17-15(12-22)19(23)9-11-21(17,3)18(14)8-10-20(13,16)2/h13-14,16,18H,4-11H2,1-3H3/t13-,14-,16-,18-,20+,21-/m0/s1. The molecule has 0 saturated heterocycles. The number of nitriles is 1. The first-order valence-corrected chi connectivity index (χ1v) is 9.58. The summed E-state index contributed by atoms with van der Waals surface area (Å²) in [6.07, 6.45) is 9.21. The Bertz CT molecular complexity index is 626. The first kappa shape index (κ1) is 15.4. The Hall–Kier alpha value is -1.10. The van der Waals surface area contributed by atoms with Crippen LogP contribution in [0.3, 0.4) is 0 Å². The van der Waals surface area contributed by atoms with Crippen molar-refractivity contribution >= 4 is 5.78 Å². The molecule has 0 heterocycles. The fourth-order valence-corrected chi connectivity index (χ4v) is 7.11. The van der Waals surface area contributed by atoms with Crippen LogP contribution >= 0.6 is 0 Å². The molecule has 0 N–H and O–H groups in total. The van der Waals surface area contributed by atoms with Gasteiger partial charge in [0.25, 0.3) is 0 Å². The van der Waals surface area contributed by atoms with Crippen LogP contribution in [0.15, 0.2) is 11.1 Å². The number of hydrogen-bond acceptors (Lipinski definition) is 2. The molecule has 4 aliphatic carbocycles. The second-order valence-electron chi connectivity index (χ2n) is 9.24. The van der Waals surface area contributed by atoms with Crippen LogP contribution in [0.5, 0.6) is 0 Å². The number of hydrogen-bond donors (Lipinski definition) is 0. The summed E-state index contributed by atoms with van der Waals surface area (Å²) in [5, 5.41) is 9.51. The Morgan fingerprint density at radius 2 is 1.83 bits per heavy atom. The first-order chi connectivity index (χ1) is 10.9. The average molecular weight is 311 g/mol. The van der Waals surface area contributed by atoms with Crippen LogP contribution in [0.1, 0.15) is 72.1 Å². The molecule has 0 amide bonds. The molecule has 4 rings (SSSR count). The molecule has 0 aromatic heterocycles. The van der Waals surface area contributed by atoms with Gasteiger partial charge in [0.05, 0.1) is 5.57 Å². The Labute approximate surface area is 140 Å². The molecule has 6 atom stereocenters. The molecular weight excluding hydrogens is 282 g/mol. The van der Waals surface area contributed by atoms with Crippen LogP contribution in [-0.4, -0.2) is 5.78 Å². The molecule has 0 unspecified atom stereocenters. The van der Waals surface area contributed by atoms with Crippen molar-refractivity contribution in [2.24, 2.45) is 34.5 Å². The van der Waals surface area contributed by atoms with Gasteiger partial charge in [0.2, 0.25) is 0 Å². The molecule has 0 aromatic rings. The fourth-order valence-electron chi connectivity index (χ4n) is 7.11. The third-order valence-electron chi connectivity index (χ3n) is 8.71. The lowest BCUT2D eigenvalue weighted by molar-refractivity contribution is -0.118. The highest BCUT2D eigenvalue weighted by atomic mass is 16.1. The van der Waals surface area contributed by atoms with E-state index in [9.17, 15) is 10.1 Å².